The Morgan fingerprint density at radius 3 is 2.62 bits per heavy atom. The molecule has 0 N–H and O–H groups in total. The maximum absolute atomic E-state index is 14.3. The number of rotatable bonds is 8. The number of esters is 1. The van der Waals surface area contributed by atoms with Crippen molar-refractivity contribution in [3.05, 3.63) is 90.7 Å². The Morgan fingerprint density at radius 2 is 1.89 bits per heavy atom. The molecule has 0 aliphatic carbocycles. The summed E-state index contributed by atoms with van der Waals surface area (Å²) < 4.78 is 25.9. The minimum Gasteiger partial charge on any atom is -0.497 e. The number of hydrogen-bond donors (Lipinski definition) is 0. The summed E-state index contributed by atoms with van der Waals surface area (Å²) in [4.78, 5) is 47.7. The second-order valence-electron chi connectivity index (χ2n) is 10.6. The molecule has 1 atom stereocenters. The van der Waals surface area contributed by atoms with E-state index in [-0.39, 0.29) is 30.2 Å². The Bertz CT molecular complexity index is 2000. The van der Waals surface area contributed by atoms with Crippen LogP contribution in [-0.2, 0) is 25.6 Å². The van der Waals surface area contributed by atoms with Crippen LogP contribution in [0, 0.1) is 0 Å². The van der Waals surface area contributed by atoms with Crippen LogP contribution >= 0.6 is 11.3 Å². The zero-order valence-corrected chi connectivity index (χ0v) is 26.4. The summed E-state index contributed by atoms with van der Waals surface area (Å²) in [6.07, 6.45) is 3.73. The first-order valence-corrected chi connectivity index (χ1v) is 15.5. The quantitative estimate of drug-likeness (QED) is 0.275. The van der Waals surface area contributed by atoms with Crippen molar-refractivity contribution >= 4 is 40.2 Å². The van der Waals surface area contributed by atoms with Crippen LogP contribution in [0.25, 0.3) is 17.0 Å². The summed E-state index contributed by atoms with van der Waals surface area (Å²) in [5, 5.41) is 0.910. The van der Waals surface area contributed by atoms with Crippen LogP contribution in [0.3, 0.4) is 0 Å². The van der Waals surface area contributed by atoms with Crippen LogP contribution in [0.2, 0.25) is 0 Å². The van der Waals surface area contributed by atoms with Gasteiger partial charge in [0.25, 0.3) is 5.56 Å². The second kappa shape index (κ2) is 12.7. The lowest BCUT2D eigenvalue weighted by Gasteiger charge is -2.27. The summed E-state index contributed by atoms with van der Waals surface area (Å²) in [5.74, 6) is 0.486. The molecule has 2 aromatic carbocycles. The molecule has 11 nitrogen and oxygen atoms in total. The summed E-state index contributed by atoms with van der Waals surface area (Å²) in [5.41, 5.74) is 2.64. The van der Waals surface area contributed by atoms with Gasteiger partial charge in [-0.05, 0) is 44.2 Å². The summed E-state index contributed by atoms with van der Waals surface area (Å²) in [6.45, 7) is 6.01. The van der Waals surface area contributed by atoms with Crippen LogP contribution in [0.15, 0.2) is 69.7 Å². The van der Waals surface area contributed by atoms with E-state index in [1.54, 1.807) is 39.2 Å². The van der Waals surface area contributed by atoms with Crippen molar-refractivity contribution in [2.24, 2.45) is 4.99 Å². The number of morpholine rings is 1. The first kappa shape index (κ1) is 30.4. The average Bonchev–Trinajstić information content (AvgIpc) is 3.56. The van der Waals surface area contributed by atoms with Gasteiger partial charge in [-0.2, -0.15) is 0 Å². The number of carbonyl (C=O) groups excluding carboxylic acids is 2. The standard InChI is InChI=1S/C33H34N4O7S/c1-5-44-32(40)29-20(2)34-33-37(30(29)24-17-22(41-3)10-11-26(24)42-4)31(39)27(45-33)16-21-18-36(25-9-7-6-8-23(21)25)19-28(38)35-12-14-43-15-13-35/h6-11,16-18,30H,5,12-15,19H2,1-4H3/b27-16+/t30-/m0/s1. The molecule has 2 aliphatic rings. The van der Waals surface area contributed by atoms with Gasteiger partial charge in [-0.25, -0.2) is 9.79 Å². The van der Waals surface area contributed by atoms with E-state index in [1.165, 1.54) is 23.0 Å². The van der Waals surface area contributed by atoms with Crippen molar-refractivity contribution in [1.82, 2.24) is 14.0 Å². The normalized spacial score (nSPS) is 16.8. The maximum atomic E-state index is 14.3. The highest BCUT2D eigenvalue weighted by molar-refractivity contribution is 7.07. The van der Waals surface area contributed by atoms with Gasteiger partial charge in [0, 0.05) is 41.3 Å². The van der Waals surface area contributed by atoms with Crippen LogP contribution < -0.4 is 24.4 Å². The molecule has 2 aliphatic heterocycles. The maximum Gasteiger partial charge on any atom is 0.338 e. The number of allylic oxidation sites excluding steroid dienone is 1. The lowest BCUT2D eigenvalue weighted by atomic mass is 9.94. The molecule has 1 saturated heterocycles. The van der Waals surface area contributed by atoms with Crippen molar-refractivity contribution in [1.29, 1.82) is 0 Å². The van der Waals surface area contributed by atoms with Crippen molar-refractivity contribution in [3.8, 4) is 11.5 Å². The predicted molar refractivity (Wildman–Crippen MR) is 169 cm³/mol. The van der Waals surface area contributed by atoms with E-state index >= 15 is 0 Å². The molecule has 0 unspecified atom stereocenters. The highest BCUT2D eigenvalue weighted by atomic mass is 32.1. The monoisotopic (exact) mass is 630 g/mol. The van der Waals surface area contributed by atoms with Crippen molar-refractivity contribution in [2.45, 2.75) is 26.4 Å². The number of carbonyl (C=O) groups is 2. The minimum atomic E-state index is -0.861. The number of para-hydroxylation sites is 1. The van der Waals surface area contributed by atoms with Gasteiger partial charge in [-0.3, -0.25) is 14.2 Å². The SMILES string of the molecule is CCOC(=O)C1=C(C)N=c2s/c(=C/c3cn(CC(=O)N4CCOCC4)c4ccccc34)c(=O)n2[C@H]1c1cc(OC)ccc1OC. The van der Waals surface area contributed by atoms with Gasteiger partial charge in [0.05, 0.1) is 49.8 Å². The van der Waals surface area contributed by atoms with Crippen molar-refractivity contribution < 1.29 is 28.5 Å². The van der Waals surface area contributed by atoms with E-state index < -0.39 is 12.0 Å². The molecular weight excluding hydrogens is 596 g/mol. The number of hydrogen-bond acceptors (Lipinski definition) is 9. The van der Waals surface area contributed by atoms with Crippen LogP contribution in [0.4, 0.5) is 0 Å². The third-order valence-electron chi connectivity index (χ3n) is 8.02. The third-order valence-corrected chi connectivity index (χ3v) is 9.01. The number of aromatic nitrogens is 2. The van der Waals surface area contributed by atoms with E-state index in [0.29, 0.717) is 58.4 Å². The predicted octanol–water partition coefficient (Wildman–Crippen LogP) is 2.63. The largest absolute Gasteiger partial charge is 0.497 e. The molecule has 234 valence electrons. The molecular formula is C33H34N4O7S. The molecule has 0 radical (unpaired) electrons. The van der Waals surface area contributed by atoms with Crippen LogP contribution in [0.5, 0.6) is 11.5 Å². The number of thiazole rings is 1. The fourth-order valence-electron chi connectivity index (χ4n) is 5.86. The van der Waals surface area contributed by atoms with Gasteiger partial charge in [-0.1, -0.05) is 29.5 Å². The minimum absolute atomic E-state index is 0.0131. The van der Waals surface area contributed by atoms with E-state index in [0.717, 1.165) is 16.5 Å². The van der Waals surface area contributed by atoms with Crippen molar-refractivity contribution in [3.63, 3.8) is 0 Å². The highest BCUT2D eigenvalue weighted by Crippen LogP contribution is 2.38. The Hall–Kier alpha value is -4.68. The van der Waals surface area contributed by atoms with Crippen LogP contribution in [0.1, 0.15) is 31.0 Å². The van der Waals surface area contributed by atoms with E-state index in [1.807, 2.05) is 46.0 Å². The third kappa shape index (κ3) is 5.67. The van der Waals surface area contributed by atoms with Crippen LogP contribution in [-0.4, -0.2) is 73.0 Å². The molecule has 1 amide bonds. The Kier molecular flexibility index (Phi) is 8.59. The summed E-state index contributed by atoms with van der Waals surface area (Å²) in [6, 6.07) is 12.2. The topological polar surface area (TPSA) is 114 Å². The molecule has 0 saturated carbocycles. The molecule has 12 heteroatoms. The highest BCUT2D eigenvalue weighted by Gasteiger charge is 2.35. The molecule has 2 aromatic heterocycles. The molecule has 0 spiro atoms. The molecule has 1 fully saturated rings. The van der Waals surface area contributed by atoms with Gasteiger partial charge in [0.15, 0.2) is 4.80 Å². The number of nitrogens with zero attached hydrogens (tertiary/aromatic N) is 4. The van der Waals surface area contributed by atoms with E-state index in [9.17, 15) is 14.4 Å². The average molecular weight is 631 g/mol. The van der Waals surface area contributed by atoms with Gasteiger partial charge < -0.3 is 28.4 Å². The number of benzene rings is 2. The van der Waals surface area contributed by atoms with Gasteiger partial charge in [-0.15, -0.1) is 0 Å². The first-order chi connectivity index (χ1) is 21.8. The number of ether oxygens (including phenoxy) is 4. The second-order valence-corrected chi connectivity index (χ2v) is 11.6. The Balaban J connectivity index is 1.50. The molecule has 45 heavy (non-hydrogen) atoms. The fraction of sp³-hybridized carbons (Fsp3) is 0.333. The number of fused-ring (bicyclic) bond motifs is 2. The summed E-state index contributed by atoms with van der Waals surface area (Å²) >= 11 is 1.24. The Morgan fingerprint density at radius 1 is 1.11 bits per heavy atom. The van der Waals surface area contributed by atoms with Gasteiger partial charge in [0.1, 0.15) is 24.1 Å². The van der Waals surface area contributed by atoms with E-state index in [4.69, 9.17) is 18.9 Å². The zero-order valence-electron chi connectivity index (χ0n) is 25.6. The number of amides is 1. The van der Waals surface area contributed by atoms with Crippen molar-refractivity contribution in [2.75, 3.05) is 47.1 Å². The fourth-order valence-corrected chi connectivity index (χ4v) is 6.90. The van der Waals surface area contributed by atoms with E-state index in [2.05, 4.69) is 4.99 Å². The smallest absolute Gasteiger partial charge is 0.338 e. The first-order valence-electron chi connectivity index (χ1n) is 14.7. The molecule has 6 rings (SSSR count). The van der Waals surface area contributed by atoms with Gasteiger partial charge in [0.2, 0.25) is 5.91 Å². The molecule has 4 heterocycles. The lowest BCUT2D eigenvalue weighted by molar-refractivity contribution is -0.139. The zero-order chi connectivity index (χ0) is 31.7. The Labute approximate surface area is 263 Å². The number of methoxy groups -OCH3 is 2. The lowest BCUT2D eigenvalue weighted by Crippen LogP contribution is -2.42. The molecule has 4 aromatic rings. The van der Waals surface area contributed by atoms with Gasteiger partial charge >= 0.3 is 5.97 Å². The molecule has 0 bridgehead atoms. The summed E-state index contributed by atoms with van der Waals surface area (Å²) in [7, 11) is 3.09.